The Morgan fingerprint density at radius 2 is 1.81 bits per heavy atom. The Balaban J connectivity index is 2.37. The van der Waals surface area contributed by atoms with Crippen LogP contribution in [0.2, 0.25) is 10.3 Å². The number of hydrogen-bond acceptors (Lipinski definition) is 5. The van der Waals surface area contributed by atoms with Crippen LogP contribution in [-0.2, 0) is 4.74 Å². The van der Waals surface area contributed by atoms with Crippen molar-refractivity contribution in [2.45, 2.75) is 0 Å². The first-order chi connectivity index (χ1) is 7.72. The number of rotatable bonds is 2. The van der Waals surface area contributed by atoms with Crippen molar-refractivity contribution in [3.05, 3.63) is 16.0 Å². The van der Waals surface area contributed by atoms with Crippen LogP contribution < -0.4 is 4.90 Å². The van der Waals surface area contributed by atoms with Gasteiger partial charge in [0.05, 0.1) is 13.2 Å². The fraction of sp³-hybridized carbons (Fsp3) is 0.444. The summed E-state index contributed by atoms with van der Waals surface area (Å²) in [4.78, 5) is 20.7. The minimum absolute atomic E-state index is 0.0424. The molecule has 0 amide bonds. The number of aromatic nitrogens is 2. The molecule has 0 saturated carbocycles. The van der Waals surface area contributed by atoms with Crippen LogP contribution in [0.3, 0.4) is 0 Å². The summed E-state index contributed by atoms with van der Waals surface area (Å²) in [5.41, 5.74) is 0.205. The molecule has 86 valence electrons. The molecule has 2 heterocycles. The summed E-state index contributed by atoms with van der Waals surface area (Å²) in [7, 11) is 0. The average Bonchev–Trinajstić information content (AvgIpc) is 2.33. The molecule has 0 bridgehead atoms. The van der Waals surface area contributed by atoms with Crippen molar-refractivity contribution >= 4 is 35.3 Å². The molecule has 0 unspecified atom stereocenters. The Hall–Kier alpha value is -0.910. The van der Waals surface area contributed by atoms with Gasteiger partial charge in [-0.1, -0.05) is 23.2 Å². The highest BCUT2D eigenvalue weighted by molar-refractivity contribution is 6.40. The maximum atomic E-state index is 10.9. The number of nitrogens with zero attached hydrogens (tertiary/aromatic N) is 3. The van der Waals surface area contributed by atoms with E-state index in [-0.39, 0.29) is 16.0 Å². The summed E-state index contributed by atoms with van der Waals surface area (Å²) in [5, 5.41) is 0.148. The second kappa shape index (κ2) is 4.95. The highest BCUT2D eigenvalue weighted by Gasteiger charge is 2.19. The lowest BCUT2D eigenvalue weighted by Crippen LogP contribution is -2.37. The molecule has 1 fully saturated rings. The lowest BCUT2D eigenvalue weighted by Gasteiger charge is -2.28. The van der Waals surface area contributed by atoms with Gasteiger partial charge in [0.25, 0.3) is 0 Å². The lowest BCUT2D eigenvalue weighted by molar-refractivity contribution is 0.111. The molecular weight excluding hydrogens is 253 g/mol. The molecule has 0 radical (unpaired) electrons. The topological polar surface area (TPSA) is 55.3 Å². The van der Waals surface area contributed by atoms with E-state index in [4.69, 9.17) is 27.9 Å². The predicted molar refractivity (Wildman–Crippen MR) is 60.5 cm³/mol. The van der Waals surface area contributed by atoms with Crippen molar-refractivity contribution in [3.8, 4) is 0 Å². The molecule has 1 saturated heterocycles. The predicted octanol–water partition coefficient (Wildman–Crippen LogP) is 1.43. The van der Waals surface area contributed by atoms with Crippen LogP contribution >= 0.6 is 23.2 Å². The monoisotopic (exact) mass is 261 g/mol. The number of hydrogen-bond donors (Lipinski definition) is 0. The van der Waals surface area contributed by atoms with Crippen LogP contribution in [0, 0.1) is 0 Å². The first-order valence-electron chi connectivity index (χ1n) is 4.73. The molecule has 0 N–H and O–H groups in total. The van der Waals surface area contributed by atoms with E-state index >= 15 is 0 Å². The normalized spacial score (nSPS) is 16.2. The maximum absolute atomic E-state index is 10.9. The van der Waals surface area contributed by atoms with E-state index in [0.717, 1.165) is 0 Å². The number of anilines is 1. The molecule has 1 aromatic rings. The van der Waals surface area contributed by atoms with Gasteiger partial charge in [-0.2, -0.15) is 0 Å². The zero-order valence-electron chi connectivity index (χ0n) is 8.32. The molecule has 1 aliphatic rings. The van der Waals surface area contributed by atoms with E-state index in [1.165, 1.54) is 0 Å². The zero-order valence-corrected chi connectivity index (χ0v) is 9.83. The molecule has 0 spiro atoms. The van der Waals surface area contributed by atoms with Crippen molar-refractivity contribution in [2.24, 2.45) is 0 Å². The molecule has 1 aromatic heterocycles. The van der Waals surface area contributed by atoms with Crippen LogP contribution in [-0.4, -0.2) is 42.6 Å². The molecule has 0 atom stereocenters. The van der Waals surface area contributed by atoms with Crippen LogP contribution in [0.4, 0.5) is 5.82 Å². The summed E-state index contributed by atoms with van der Waals surface area (Å²) in [6.07, 6.45) is 0.625. The van der Waals surface area contributed by atoms with Crippen molar-refractivity contribution < 1.29 is 9.53 Å². The van der Waals surface area contributed by atoms with E-state index in [0.29, 0.717) is 38.4 Å². The average molecular weight is 262 g/mol. The van der Waals surface area contributed by atoms with Gasteiger partial charge in [0, 0.05) is 13.1 Å². The zero-order chi connectivity index (χ0) is 11.5. The third-order valence-electron chi connectivity index (χ3n) is 2.24. The molecule has 0 aliphatic carbocycles. The quantitative estimate of drug-likeness (QED) is 0.755. The van der Waals surface area contributed by atoms with E-state index in [2.05, 4.69) is 9.97 Å². The van der Waals surface area contributed by atoms with Crippen LogP contribution in [0.1, 0.15) is 10.5 Å². The number of aldehydes is 1. The first kappa shape index (κ1) is 11.6. The molecule has 5 nitrogen and oxygen atoms in total. The largest absolute Gasteiger partial charge is 0.378 e. The Bertz CT molecular complexity index is 408. The van der Waals surface area contributed by atoms with E-state index < -0.39 is 0 Å². The third kappa shape index (κ3) is 2.26. The van der Waals surface area contributed by atoms with Gasteiger partial charge in [-0.3, -0.25) is 4.79 Å². The Morgan fingerprint density at radius 3 is 2.44 bits per heavy atom. The van der Waals surface area contributed by atoms with Crippen molar-refractivity contribution in [2.75, 3.05) is 31.2 Å². The van der Waals surface area contributed by atoms with E-state index in [1.807, 2.05) is 4.90 Å². The first-order valence-corrected chi connectivity index (χ1v) is 5.49. The molecule has 2 rings (SSSR count). The number of carbonyl (C=O) groups is 1. The Morgan fingerprint density at radius 1 is 1.19 bits per heavy atom. The van der Waals surface area contributed by atoms with E-state index in [1.54, 1.807) is 0 Å². The smallest absolute Gasteiger partial charge is 0.172 e. The number of halogens is 2. The van der Waals surface area contributed by atoms with Gasteiger partial charge in [0.15, 0.2) is 22.4 Å². The van der Waals surface area contributed by atoms with Crippen molar-refractivity contribution in [3.63, 3.8) is 0 Å². The van der Waals surface area contributed by atoms with Gasteiger partial charge in [-0.05, 0) is 0 Å². The third-order valence-corrected chi connectivity index (χ3v) is 2.87. The van der Waals surface area contributed by atoms with Crippen LogP contribution in [0.25, 0.3) is 0 Å². The minimum atomic E-state index is 0.0424. The van der Waals surface area contributed by atoms with Crippen LogP contribution in [0.5, 0.6) is 0 Å². The van der Waals surface area contributed by atoms with Gasteiger partial charge in [0.1, 0.15) is 5.69 Å². The second-order valence-corrected chi connectivity index (χ2v) is 3.95. The summed E-state index contributed by atoms with van der Waals surface area (Å²) < 4.78 is 5.21. The SMILES string of the molecule is O=Cc1nc(Cl)c(Cl)nc1N1CCOCC1. The van der Waals surface area contributed by atoms with Gasteiger partial charge in [0.2, 0.25) is 0 Å². The number of carbonyl (C=O) groups excluding carboxylic acids is 1. The lowest BCUT2D eigenvalue weighted by atomic mass is 10.3. The number of ether oxygens (including phenoxy) is 1. The Kier molecular flexibility index (Phi) is 3.58. The van der Waals surface area contributed by atoms with Crippen molar-refractivity contribution in [1.82, 2.24) is 9.97 Å². The second-order valence-electron chi connectivity index (χ2n) is 3.23. The molecule has 0 aromatic carbocycles. The fourth-order valence-corrected chi connectivity index (χ4v) is 1.74. The summed E-state index contributed by atoms with van der Waals surface area (Å²) >= 11 is 11.5. The van der Waals surface area contributed by atoms with Gasteiger partial charge >= 0.3 is 0 Å². The molecular formula is C9H9Cl2N3O2. The van der Waals surface area contributed by atoms with Crippen LogP contribution in [0.15, 0.2) is 0 Å². The number of morpholine rings is 1. The molecule has 1 aliphatic heterocycles. The molecule has 16 heavy (non-hydrogen) atoms. The Labute approximate surface area is 102 Å². The van der Waals surface area contributed by atoms with Gasteiger partial charge in [-0.15, -0.1) is 0 Å². The van der Waals surface area contributed by atoms with Crippen molar-refractivity contribution in [1.29, 1.82) is 0 Å². The highest BCUT2D eigenvalue weighted by atomic mass is 35.5. The molecule has 7 heteroatoms. The summed E-state index contributed by atoms with van der Waals surface area (Å²) in [6, 6.07) is 0. The highest BCUT2D eigenvalue weighted by Crippen LogP contribution is 2.24. The van der Waals surface area contributed by atoms with Gasteiger partial charge in [-0.25, -0.2) is 9.97 Å². The van der Waals surface area contributed by atoms with Gasteiger partial charge < -0.3 is 9.64 Å². The standard InChI is InChI=1S/C9H9Cl2N3O2/c10-7-8(11)13-9(6(5-15)12-7)14-1-3-16-4-2-14/h5H,1-4H2. The maximum Gasteiger partial charge on any atom is 0.172 e. The summed E-state index contributed by atoms with van der Waals surface area (Å²) in [5.74, 6) is 0.465. The minimum Gasteiger partial charge on any atom is -0.378 e. The van der Waals surface area contributed by atoms with E-state index in [9.17, 15) is 4.79 Å². The fourth-order valence-electron chi connectivity index (χ4n) is 1.49. The summed E-state index contributed by atoms with van der Waals surface area (Å²) in [6.45, 7) is 2.52.